The number of amides is 1. The van der Waals surface area contributed by atoms with Crippen LogP contribution in [-0.4, -0.2) is 16.1 Å². The number of anilines is 1. The molecule has 0 bridgehead atoms. The van der Waals surface area contributed by atoms with Gasteiger partial charge in [0.25, 0.3) is 0 Å². The maximum atomic E-state index is 12.3. The molecule has 1 N–H and O–H groups in total. The minimum Gasteiger partial charge on any atom is -0.300 e. The second-order valence-electron chi connectivity index (χ2n) is 6.09. The molecule has 0 aliphatic heterocycles. The van der Waals surface area contributed by atoms with Crippen LogP contribution in [0.25, 0.3) is 0 Å². The third kappa shape index (κ3) is 3.73. The number of rotatable bonds is 5. The van der Waals surface area contributed by atoms with E-state index in [-0.39, 0.29) is 11.8 Å². The molecule has 1 aromatic carbocycles. The smallest absolute Gasteiger partial charge is 0.229 e. The van der Waals surface area contributed by atoms with E-state index < -0.39 is 0 Å². The van der Waals surface area contributed by atoms with Crippen LogP contribution in [0.2, 0.25) is 0 Å². The second-order valence-corrected chi connectivity index (χ2v) is 8.07. The van der Waals surface area contributed by atoms with E-state index in [0.717, 1.165) is 22.3 Å². The van der Waals surface area contributed by atoms with Crippen LogP contribution < -0.4 is 5.32 Å². The molecule has 116 valence electrons. The van der Waals surface area contributed by atoms with Crippen LogP contribution in [0.4, 0.5) is 5.13 Å². The van der Waals surface area contributed by atoms with Gasteiger partial charge in [0.15, 0.2) is 0 Å². The maximum absolute atomic E-state index is 12.3. The van der Waals surface area contributed by atoms with Crippen LogP contribution >= 0.6 is 27.3 Å². The van der Waals surface area contributed by atoms with Gasteiger partial charge in [-0.25, -0.2) is 0 Å². The third-order valence-electron chi connectivity index (χ3n) is 3.68. The fraction of sp³-hybridized carbons (Fsp3) is 0.438. The minimum absolute atomic E-state index is 0.0479. The zero-order valence-corrected chi connectivity index (χ0v) is 14.9. The molecule has 4 nitrogen and oxygen atoms in total. The normalized spacial score (nSPS) is 20.2. The third-order valence-corrected chi connectivity index (χ3v) is 5.04. The van der Waals surface area contributed by atoms with Crippen molar-refractivity contribution in [3.63, 3.8) is 0 Å². The van der Waals surface area contributed by atoms with Gasteiger partial charge < -0.3 is 5.32 Å². The Balaban J connectivity index is 1.58. The Morgan fingerprint density at radius 1 is 1.45 bits per heavy atom. The highest BCUT2D eigenvalue weighted by Crippen LogP contribution is 2.48. The SMILES string of the molecule is CC(C)Cc1nnc(NC(=O)C2CC2c2cccc(Br)c2)s1. The van der Waals surface area contributed by atoms with E-state index in [2.05, 4.69) is 57.4 Å². The minimum atomic E-state index is 0.0479. The van der Waals surface area contributed by atoms with Gasteiger partial charge in [0.2, 0.25) is 11.0 Å². The van der Waals surface area contributed by atoms with Crippen molar-refractivity contribution in [3.05, 3.63) is 39.3 Å². The van der Waals surface area contributed by atoms with Crippen LogP contribution in [0.3, 0.4) is 0 Å². The molecule has 1 aliphatic rings. The summed E-state index contributed by atoms with van der Waals surface area (Å²) >= 11 is 4.95. The Labute approximate surface area is 142 Å². The molecule has 0 spiro atoms. The van der Waals surface area contributed by atoms with E-state index in [1.165, 1.54) is 16.9 Å². The van der Waals surface area contributed by atoms with Crippen molar-refractivity contribution < 1.29 is 4.79 Å². The number of carbonyl (C=O) groups excluding carboxylic acids is 1. The predicted molar refractivity (Wildman–Crippen MR) is 92.1 cm³/mol. The first-order valence-electron chi connectivity index (χ1n) is 7.41. The molecule has 2 aromatic rings. The van der Waals surface area contributed by atoms with E-state index in [4.69, 9.17) is 0 Å². The molecule has 22 heavy (non-hydrogen) atoms. The Hall–Kier alpha value is -1.27. The van der Waals surface area contributed by atoms with Gasteiger partial charge in [-0.05, 0) is 36.0 Å². The molecule has 2 atom stereocenters. The van der Waals surface area contributed by atoms with Gasteiger partial charge >= 0.3 is 0 Å². The van der Waals surface area contributed by atoms with Crippen molar-refractivity contribution in [2.45, 2.75) is 32.6 Å². The van der Waals surface area contributed by atoms with Crippen molar-refractivity contribution in [3.8, 4) is 0 Å². The molecule has 1 heterocycles. The molecule has 2 unspecified atom stereocenters. The van der Waals surface area contributed by atoms with Crippen LogP contribution in [-0.2, 0) is 11.2 Å². The molecule has 1 aromatic heterocycles. The highest BCUT2D eigenvalue weighted by molar-refractivity contribution is 9.10. The predicted octanol–water partition coefficient (Wildman–Crippen LogP) is 4.24. The van der Waals surface area contributed by atoms with Gasteiger partial charge in [-0.15, -0.1) is 10.2 Å². The zero-order chi connectivity index (χ0) is 15.7. The summed E-state index contributed by atoms with van der Waals surface area (Å²) in [5.74, 6) is 0.963. The molecule has 3 rings (SSSR count). The van der Waals surface area contributed by atoms with Crippen LogP contribution in [0.5, 0.6) is 0 Å². The van der Waals surface area contributed by atoms with Gasteiger partial charge in [0.1, 0.15) is 5.01 Å². The fourth-order valence-corrected chi connectivity index (χ4v) is 3.90. The van der Waals surface area contributed by atoms with Gasteiger partial charge in [0.05, 0.1) is 0 Å². The molecule has 1 fully saturated rings. The van der Waals surface area contributed by atoms with Gasteiger partial charge in [-0.2, -0.15) is 0 Å². The Morgan fingerprint density at radius 2 is 2.27 bits per heavy atom. The summed E-state index contributed by atoms with van der Waals surface area (Å²) in [6, 6.07) is 8.17. The summed E-state index contributed by atoms with van der Waals surface area (Å²) in [6.45, 7) is 4.29. The van der Waals surface area contributed by atoms with Crippen molar-refractivity contribution in [2.75, 3.05) is 5.32 Å². The number of hydrogen-bond donors (Lipinski definition) is 1. The molecule has 1 aliphatic carbocycles. The number of benzene rings is 1. The van der Waals surface area contributed by atoms with E-state index in [1.807, 2.05) is 12.1 Å². The lowest BCUT2D eigenvalue weighted by atomic mass is 10.1. The van der Waals surface area contributed by atoms with Gasteiger partial charge in [-0.1, -0.05) is 53.2 Å². The number of hydrogen-bond acceptors (Lipinski definition) is 4. The standard InChI is InChI=1S/C16H18BrN3OS/c1-9(2)6-14-19-20-16(22-14)18-15(21)13-8-12(13)10-4-3-5-11(17)7-10/h3-5,7,9,12-13H,6,8H2,1-2H3,(H,18,20,21). The van der Waals surface area contributed by atoms with Crippen molar-refractivity contribution in [1.29, 1.82) is 0 Å². The quantitative estimate of drug-likeness (QED) is 0.844. The van der Waals surface area contributed by atoms with Gasteiger partial charge in [0, 0.05) is 16.8 Å². The summed E-state index contributed by atoms with van der Waals surface area (Å²) in [4.78, 5) is 12.3. The monoisotopic (exact) mass is 379 g/mol. The second kappa shape index (κ2) is 6.46. The van der Waals surface area contributed by atoms with Crippen LogP contribution in [0, 0.1) is 11.8 Å². The van der Waals surface area contributed by atoms with Crippen molar-refractivity contribution >= 4 is 38.3 Å². The zero-order valence-electron chi connectivity index (χ0n) is 12.5. The lowest BCUT2D eigenvalue weighted by Crippen LogP contribution is -2.14. The number of nitrogens with zero attached hydrogens (tertiary/aromatic N) is 2. The Morgan fingerprint density at radius 3 is 3.00 bits per heavy atom. The molecule has 0 saturated heterocycles. The largest absolute Gasteiger partial charge is 0.300 e. The summed E-state index contributed by atoms with van der Waals surface area (Å²) in [6.07, 6.45) is 1.80. The number of halogens is 1. The summed E-state index contributed by atoms with van der Waals surface area (Å²) < 4.78 is 1.05. The fourth-order valence-electron chi connectivity index (χ4n) is 2.52. The first-order valence-corrected chi connectivity index (χ1v) is 9.02. The summed E-state index contributed by atoms with van der Waals surface area (Å²) in [5.41, 5.74) is 1.22. The number of nitrogens with one attached hydrogen (secondary N) is 1. The molecular weight excluding hydrogens is 362 g/mol. The van der Waals surface area contributed by atoms with Crippen molar-refractivity contribution in [1.82, 2.24) is 10.2 Å². The molecule has 1 amide bonds. The lowest BCUT2D eigenvalue weighted by Gasteiger charge is -2.02. The summed E-state index contributed by atoms with van der Waals surface area (Å²) in [5, 5.41) is 12.7. The Bertz CT molecular complexity index is 686. The average Bonchev–Trinajstić information content (AvgIpc) is 3.15. The average molecular weight is 380 g/mol. The van der Waals surface area contributed by atoms with Crippen LogP contribution in [0.15, 0.2) is 28.7 Å². The molecule has 6 heteroatoms. The first-order chi connectivity index (χ1) is 10.5. The maximum Gasteiger partial charge on any atom is 0.229 e. The first kappa shape index (κ1) is 15.6. The number of carbonyl (C=O) groups is 1. The topological polar surface area (TPSA) is 54.9 Å². The van der Waals surface area contributed by atoms with Crippen LogP contribution in [0.1, 0.15) is 36.8 Å². The number of aromatic nitrogens is 2. The summed E-state index contributed by atoms with van der Waals surface area (Å²) in [7, 11) is 0. The van der Waals surface area contributed by atoms with E-state index in [0.29, 0.717) is 17.0 Å². The lowest BCUT2D eigenvalue weighted by molar-refractivity contribution is -0.117. The molecule has 0 radical (unpaired) electrons. The highest BCUT2D eigenvalue weighted by atomic mass is 79.9. The van der Waals surface area contributed by atoms with Crippen molar-refractivity contribution in [2.24, 2.45) is 11.8 Å². The van der Waals surface area contributed by atoms with E-state index in [9.17, 15) is 4.79 Å². The van der Waals surface area contributed by atoms with E-state index >= 15 is 0 Å². The van der Waals surface area contributed by atoms with Gasteiger partial charge in [-0.3, -0.25) is 4.79 Å². The molecule has 1 saturated carbocycles. The van der Waals surface area contributed by atoms with E-state index in [1.54, 1.807) is 0 Å². The Kier molecular flexibility index (Phi) is 4.59. The molecular formula is C16H18BrN3OS. The highest BCUT2D eigenvalue weighted by Gasteiger charge is 2.44.